The molecule has 18 heavy (non-hydrogen) atoms. The van der Waals surface area contributed by atoms with E-state index in [0.29, 0.717) is 29.6 Å². The van der Waals surface area contributed by atoms with Crippen molar-refractivity contribution in [3.63, 3.8) is 0 Å². The minimum Gasteiger partial charge on any atom is -0.496 e. The van der Waals surface area contributed by atoms with Gasteiger partial charge in [0.05, 0.1) is 13.7 Å². The first-order valence-electron chi connectivity index (χ1n) is 6.37. The van der Waals surface area contributed by atoms with Crippen LogP contribution in [0.3, 0.4) is 0 Å². The Morgan fingerprint density at radius 2 is 1.94 bits per heavy atom. The van der Waals surface area contributed by atoms with E-state index in [1.54, 1.807) is 13.2 Å². The highest BCUT2D eigenvalue weighted by Gasteiger charge is 2.14. The van der Waals surface area contributed by atoms with Crippen LogP contribution in [0.5, 0.6) is 11.5 Å². The van der Waals surface area contributed by atoms with Gasteiger partial charge in [-0.1, -0.05) is 19.9 Å². The van der Waals surface area contributed by atoms with E-state index >= 15 is 0 Å². The van der Waals surface area contributed by atoms with Crippen LogP contribution in [-0.2, 0) is 0 Å². The van der Waals surface area contributed by atoms with E-state index in [4.69, 9.17) is 9.47 Å². The highest BCUT2D eigenvalue weighted by atomic mass is 16.5. The van der Waals surface area contributed by atoms with Crippen molar-refractivity contribution in [3.05, 3.63) is 23.8 Å². The van der Waals surface area contributed by atoms with Gasteiger partial charge in [0.2, 0.25) is 0 Å². The summed E-state index contributed by atoms with van der Waals surface area (Å²) in [5.41, 5.74) is 0.532. The van der Waals surface area contributed by atoms with E-state index in [2.05, 4.69) is 13.8 Å². The third-order valence-corrected chi connectivity index (χ3v) is 2.74. The molecule has 0 aliphatic heterocycles. The number of carbonyl (C=O) groups excluding carboxylic acids is 1. The Labute approximate surface area is 109 Å². The lowest BCUT2D eigenvalue weighted by atomic mass is 10.1. The van der Waals surface area contributed by atoms with Crippen molar-refractivity contribution in [2.75, 3.05) is 13.7 Å². The normalized spacial score (nSPS) is 10.5. The second-order valence-corrected chi connectivity index (χ2v) is 4.77. The number of rotatable bonds is 7. The molecule has 0 heterocycles. The van der Waals surface area contributed by atoms with Gasteiger partial charge in [-0.2, -0.15) is 0 Å². The molecule has 3 heteroatoms. The summed E-state index contributed by atoms with van der Waals surface area (Å²) in [6, 6.07) is 5.43. The van der Waals surface area contributed by atoms with E-state index in [0.717, 1.165) is 12.8 Å². The standard InChI is InChI=1S/C15H22O3/c1-11(2)7-6-10-18-14-9-5-8-13(17-4)15(14)12(3)16/h5,8-9,11H,6-7,10H2,1-4H3. The predicted octanol–water partition coefficient (Wildman–Crippen LogP) is 3.71. The zero-order valence-electron chi connectivity index (χ0n) is 11.7. The minimum atomic E-state index is -0.0358. The van der Waals surface area contributed by atoms with Crippen molar-refractivity contribution < 1.29 is 14.3 Å². The first kappa shape index (κ1) is 14.6. The molecule has 0 aliphatic carbocycles. The van der Waals surface area contributed by atoms with Crippen molar-refractivity contribution in [1.29, 1.82) is 0 Å². The largest absolute Gasteiger partial charge is 0.496 e. The molecule has 1 rings (SSSR count). The molecule has 0 N–H and O–H groups in total. The van der Waals surface area contributed by atoms with Crippen molar-refractivity contribution >= 4 is 5.78 Å². The average Bonchev–Trinajstić information content (AvgIpc) is 2.33. The Hall–Kier alpha value is -1.51. The molecule has 0 aromatic heterocycles. The average molecular weight is 250 g/mol. The second kappa shape index (κ2) is 7.04. The summed E-state index contributed by atoms with van der Waals surface area (Å²) < 4.78 is 10.9. The van der Waals surface area contributed by atoms with Crippen LogP contribution in [-0.4, -0.2) is 19.5 Å². The molecule has 0 fully saturated rings. The molecule has 0 amide bonds. The summed E-state index contributed by atoms with van der Waals surface area (Å²) in [5.74, 6) is 1.83. The molecule has 0 radical (unpaired) electrons. The van der Waals surface area contributed by atoms with Gasteiger partial charge in [-0.25, -0.2) is 0 Å². The second-order valence-electron chi connectivity index (χ2n) is 4.77. The summed E-state index contributed by atoms with van der Waals surface area (Å²) in [7, 11) is 1.56. The minimum absolute atomic E-state index is 0.0358. The molecule has 0 saturated heterocycles. The van der Waals surface area contributed by atoms with Gasteiger partial charge in [0, 0.05) is 0 Å². The van der Waals surface area contributed by atoms with Crippen LogP contribution in [0.2, 0.25) is 0 Å². The number of hydrogen-bond donors (Lipinski definition) is 0. The van der Waals surface area contributed by atoms with E-state index in [1.165, 1.54) is 6.92 Å². The topological polar surface area (TPSA) is 35.5 Å². The van der Waals surface area contributed by atoms with Crippen molar-refractivity contribution in [3.8, 4) is 11.5 Å². The fourth-order valence-electron chi connectivity index (χ4n) is 1.82. The Kier molecular flexibility index (Phi) is 5.69. The van der Waals surface area contributed by atoms with E-state index in [1.807, 2.05) is 12.1 Å². The van der Waals surface area contributed by atoms with Crippen molar-refractivity contribution in [2.45, 2.75) is 33.6 Å². The van der Waals surface area contributed by atoms with Gasteiger partial charge < -0.3 is 9.47 Å². The highest BCUT2D eigenvalue weighted by Crippen LogP contribution is 2.28. The smallest absolute Gasteiger partial charge is 0.167 e. The number of ether oxygens (including phenoxy) is 2. The molecular weight excluding hydrogens is 228 g/mol. The van der Waals surface area contributed by atoms with Crippen LogP contribution in [0.15, 0.2) is 18.2 Å². The summed E-state index contributed by atoms with van der Waals surface area (Å²) >= 11 is 0. The maximum Gasteiger partial charge on any atom is 0.167 e. The number of hydrogen-bond acceptors (Lipinski definition) is 3. The van der Waals surface area contributed by atoms with E-state index in [9.17, 15) is 4.79 Å². The van der Waals surface area contributed by atoms with Gasteiger partial charge in [0.15, 0.2) is 5.78 Å². The number of methoxy groups -OCH3 is 1. The molecular formula is C15H22O3. The van der Waals surface area contributed by atoms with Crippen LogP contribution < -0.4 is 9.47 Å². The van der Waals surface area contributed by atoms with E-state index in [-0.39, 0.29) is 5.78 Å². The number of benzene rings is 1. The van der Waals surface area contributed by atoms with Gasteiger partial charge in [0.1, 0.15) is 17.1 Å². The maximum atomic E-state index is 11.6. The van der Waals surface area contributed by atoms with Gasteiger partial charge in [-0.05, 0) is 37.8 Å². The van der Waals surface area contributed by atoms with Gasteiger partial charge in [-0.15, -0.1) is 0 Å². The number of Topliss-reactive ketones (excluding diaryl/α,β-unsaturated/α-hetero) is 1. The Morgan fingerprint density at radius 3 is 2.50 bits per heavy atom. The van der Waals surface area contributed by atoms with Gasteiger partial charge in [0.25, 0.3) is 0 Å². The Balaban J connectivity index is 2.72. The quantitative estimate of drug-likeness (QED) is 0.546. The molecule has 0 bridgehead atoms. The molecule has 0 unspecified atom stereocenters. The van der Waals surface area contributed by atoms with Crippen LogP contribution in [0, 0.1) is 5.92 Å². The zero-order valence-corrected chi connectivity index (χ0v) is 11.7. The molecule has 3 nitrogen and oxygen atoms in total. The molecule has 1 aromatic carbocycles. The highest BCUT2D eigenvalue weighted by molar-refractivity contribution is 5.99. The summed E-state index contributed by atoms with van der Waals surface area (Å²) in [5, 5.41) is 0. The van der Waals surface area contributed by atoms with Crippen LogP contribution in [0.25, 0.3) is 0 Å². The first-order valence-corrected chi connectivity index (χ1v) is 6.37. The van der Waals surface area contributed by atoms with Crippen molar-refractivity contribution in [2.24, 2.45) is 5.92 Å². The molecule has 0 aliphatic rings. The molecule has 100 valence electrons. The third kappa shape index (κ3) is 4.06. The summed E-state index contributed by atoms with van der Waals surface area (Å²) in [6.07, 6.45) is 2.12. The molecule has 0 saturated carbocycles. The van der Waals surface area contributed by atoms with Crippen LogP contribution in [0.4, 0.5) is 0 Å². The third-order valence-electron chi connectivity index (χ3n) is 2.74. The maximum absolute atomic E-state index is 11.6. The number of carbonyl (C=O) groups is 1. The van der Waals surface area contributed by atoms with Gasteiger partial charge in [-0.3, -0.25) is 4.79 Å². The zero-order chi connectivity index (χ0) is 13.5. The fraction of sp³-hybridized carbons (Fsp3) is 0.533. The lowest BCUT2D eigenvalue weighted by Gasteiger charge is -2.13. The SMILES string of the molecule is COc1cccc(OCCCC(C)C)c1C(C)=O. The fourth-order valence-corrected chi connectivity index (χ4v) is 1.82. The predicted molar refractivity (Wildman–Crippen MR) is 72.6 cm³/mol. The van der Waals surface area contributed by atoms with E-state index < -0.39 is 0 Å². The molecule has 0 spiro atoms. The summed E-state index contributed by atoms with van der Waals surface area (Å²) in [6.45, 7) is 6.53. The van der Waals surface area contributed by atoms with Crippen LogP contribution in [0.1, 0.15) is 44.0 Å². The Bertz CT molecular complexity index is 397. The monoisotopic (exact) mass is 250 g/mol. The Morgan fingerprint density at radius 1 is 1.28 bits per heavy atom. The summed E-state index contributed by atoms with van der Waals surface area (Å²) in [4.78, 5) is 11.6. The molecule has 0 atom stereocenters. The number of ketones is 1. The lowest BCUT2D eigenvalue weighted by molar-refractivity contribution is 0.101. The lowest BCUT2D eigenvalue weighted by Crippen LogP contribution is -2.05. The van der Waals surface area contributed by atoms with Gasteiger partial charge >= 0.3 is 0 Å². The molecule has 1 aromatic rings. The van der Waals surface area contributed by atoms with Crippen LogP contribution >= 0.6 is 0 Å². The first-order chi connectivity index (χ1) is 8.56. The van der Waals surface area contributed by atoms with Crippen molar-refractivity contribution in [1.82, 2.24) is 0 Å².